The predicted molar refractivity (Wildman–Crippen MR) is 87.6 cm³/mol. The SMILES string of the molecule is CC(Oc1cccc(C(C)C)c1)C(=O)NC1(CC(=O)O)CCC1. The van der Waals surface area contributed by atoms with Crippen LogP contribution in [-0.4, -0.2) is 28.6 Å². The Bertz CT molecular complexity index is 578. The molecule has 1 aliphatic carbocycles. The molecule has 23 heavy (non-hydrogen) atoms. The number of nitrogens with one attached hydrogen (secondary N) is 1. The third-order valence-corrected chi connectivity index (χ3v) is 4.40. The zero-order valence-corrected chi connectivity index (χ0v) is 14.0. The van der Waals surface area contributed by atoms with Gasteiger partial charge in [-0.3, -0.25) is 9.59 Å². The molecule has 2 rings (SSSR count). The zero-order chi connectivity index (χ0) is 17.0. The van der Waals surface area contributed by atoms with E-state index in [4.69, 9.17) is 9.84 Å². The smallest absolute Gasteiger partial charge is 0.305 e. The topological polar surface area (TPSA) is 75.6 Å². The van der Waals surface area contributed by atoms with Gasteiger partial charge in [0.1, 0.15) is 5.75 Å². The van der Waals surface area contributed by atoms with Crippen LogP contribution < -0.4 is 10.1 Å². The average Bonchev–Trinajstić information content (AvgIpc) is 2.44. The summed E-state index contributed by atoms with van der Waals surface area (Å²) in [6, 6.07) is 7.70. The zero-order valence-electron chi connectivity index (χ0n) is 14.0. The van der Waals surface area contributed by atoms with E-state index in [-0.39, 0.29) is 12.3 Å². The molecular weight excluding hydrogens is 294 g/mol. The van der Waals surface area contributed by atoms with Crippen molar-refractivity contribution in [1.82, 2.24) is 5.32 Å². The Kier molecular flexibility index (Phi) is 5.29. The van der Waals surface area contributed by atoms with Crippen molar-refractivity contribution in [3.8, 4) is 5.75 Å². The van der Waals surface area contributed by atoms with Crippen molar-refractivity contribution in [3.63, 3.8) is 0 Å². The molecule has 1 aromatic rings. The Morgan fingerprint density at radius 3 is 2.52 bits per heavy atom. The largest absolute Gasteiger partial charge is 0.481 e. The first-order valence-corrected chi connectivity index (χ1v) is 8.12. The van der Waals surface area contributed by atoms with Crippen molar-refractivity contribution in [2.75, 3.05) is 0 Å². The Labute approximate surface area is 137 Å². The molecule has 0 spiro atoms. The molecule has 1 unspecified atom stereocenters. The lowest BCUT2D eigenvalue weighted by Gasteiger charge is -2.42. The highest BCUT2D eigenvalue weighted by molar-refractivity contribution is 5.82. The monoisotopic (exact) mass is 319 g/mol. The molecule has 1 aromatic carbocycles. The van der Waals surface area contributed by atoms with Crippen LogP contribution in [0, 0.1) is 0 Å². The van der Waals surface area contributed by atoms with Crippen molar-refractivity contribution in [2.45, 2.75) is 64.0 Å². The summed E-state index contributed by atoms with van der Waals surface area (Å²) >= 11 is 0. The number of ether oxygens (including phenoxy) is 1. The van der Waals surface area contributed by atoms with Gasteiger partial charge >= 0.3 is 5.97 Å². The molecule has 0 radical (unpaired) electrons. The maximum atomic E-state index is 12.3. The number of hydrogen-bond donors (Lipinski definition) is 2. The first-order valence-electron chi connectivity index (χ1n) is 8.12. The molecule has 5 heteroatoms. The number of carbonyl (C=O) groups excluding carboxylic acids is 1. The van der Waals surface area contributed by atoms with E-state index in [9.17, 15) is 9.59 Å². The molecule has 1 saturated carbocycles. The molecule has 0 aliphatic heterocycles. The third-order valence-electron chi connectivity index (χ3n) is 4.40. The number of rotatable bonds is 7. The maximum absolute atomic E-state index is 12.3. The van der Waals surface area contributed by atoms with E-state index >= 15 is 0 Å². The summed E-state index contributed by atoms with van der Waals surface area (Å²) in [4.78, 5) is 23.3. The molecule has 1 atom stereocenters. The first kappa shape index (κ1) is 17.3. The Balaban J connectivity index is 1.97. The van der Waals surface area contributed by atoms with Gasteiger partial charge in [-0.1, -0.05) is 26.0 Å². The van der Waals surface area contributed by atoms with Crippen LogP contribution in [0.2, 0.25) is 0 Å². The van der Waals surface area contributed by atoms with E-state index in [2.05, 4.69) is 19.2 Å². The second kappa shape index (κ2) is 7.02. The maximum Gasteiger partial charge on any atom is 0.305 e. The summed E-state index contributed by atoms with van der Waals surface area (Å²) in [5, 5.41) is 11.9. The van der Waals surface area contributed by atoms with Crippen LogP contribution in [0.5, 0.6) is 5.75 Å². The predicted octanol–water partition coefficient (Wildman–Crippen LogP) is 3.09. The lowest BCUT2D eigenvalue weighted by atomic mass is 9.74. The minimum absolute atomic E-state index is 0.0334. The molecule has 2 N–H and O–H groups in total. The Morgan fingerprint density at radius 2 is 2.00 bits per heavy atom. The van der Waals surface area contributed by atoms with Crippen molar-refractivity contribution < 1.29 is 19.4 Å². The molecule has 0 heterocycles. The number of carbonyl (C=O) groups is 2. The van der Waals surface area contributed by atoms with Gasteiger partial charge < -0.3 is 15.2 Å². The Morgan fingerprint density at radius 1 is 1.30 bits per heavy atom. The summed E-state index contributed by atoms with van der Waals surface area (Å²) in [5.74, 6) is -0.111. The van der Waals surface area contributed by atoms with Gasteiger partial charge in [-0.25, -0.2) is 0 Å². The molecule has 126 valence electrons. The third kappa shape index (κ3) is 4.47. The normalized spacial score (nSPS) is 17.2. The van der Waals surface area contributed by atoms with Crippen LogP contribution in [0.15, 0.2) is 24.3 Å². The number of carboxylic acids is 1. The molecular formula is C18H25NO4. The van der Waals surface area contributed by atoms with Gasteiger partial charge in [-0.05, 0) is 49.8 Å². The van der Waals surface area contributed by atoms with Crippen LogP contribution in [-0.2, 0) is 9.59 Å². The highest BCUT2D eigenvalue weighted by atomic mass is 16.5. The number of amides is 1. The number of benzene rings is 1. The summed E-state index contributed by atoms with van der Waals surface area (Å²) < 4.78 is 5.73. The summed E-state index contributed by atoms with van der Waals surface area (Å²) in [6.07, 6.45) is 1.66. The number of hydrogen-bond acceptors (Lipinski definition) is 3. The summed E-state index contributed by atoms with van der Waals surface area (Å²) in [6.45, 7) is 5.88. The first-order chi connectivity index (χ1) is 10.8. The highest BCUT2D eigenvalue weighted by Crippen LogP contribution is 2.35. The van der Waals surface area contributed by atoms with Gasteiger partial charge in [0, 0.05) is 0 Å². The van der Waals surface area contributed by atoms with Gasteiger partial charge in [-0.15, -0.1) is 0 Å². The lowest BCUT2D eigenvalue weighted by Crippen LogP contribution is -2.57. The minimum Gasteiger partial charge on any atom is -0.481 e. The van der Waals surface area contributed by atoms with Gasteiger partial charge in [0.05, 0.1) is 12.0 Å². The van der Waals surface area contributed by atoms with E-state index in [1.54, 1.807) is 6.92 Å². The van der Waals surface area contributed by atoms with E-state index in [0.717, 1.165) is 12.0 Å². The van der Waals surface area contributed by atoms with Gasteiger partial charge in [0.25, 0.3) is 5.91 Å². The van der Waals surface area contributed by atoms with Gasteiger partial charge in [-0.2, -0.15) is 0 Å². The molecule has 0 aromatic heterocycles. The standard InChI is InChI=1S/C18H25NO4/c1-12(2)14-6-4-7-15(10-14)23-13(3)17(22)19-18(8-5-9-18)11-16(20)21/h4,6-7,10,12-13H,5,8-9,11H2,1-3H3,(H,19,22)(H,20,21). The van der Waals surface area contributed by atoms with Crippen LogP contribution in [0.3, 0.4) is 0 Å². The lowest BCUT2D eigenvalue weighted by molar-refractivity contribution is -0.141. The fourth-order valence-electron chi connectivity index (χ4n) is 2.81. The van der Waals surface area contributed by atoms with E-state index < -0.39 is 17.6 Å². The van der Waals surface area contributed by atoms with Crippen molar-refractivity contribution in [2.24, 2.45) is 0 Å². The summed E-state index contributed by atoms with van der Waals surface area (Å²) in [7, 11) is 0. The second-order valence-electron chi connectivity index (χ2n) is 6.68. The van der Waals surface area contributed by atoms with Crippen molar-refractivity contribution >= 4 is 11.9 Å². The molecule has 0 bridgehead atoms. The highest BCUT2D eigenvalue weighted by Gasteiger charge is 2.41. The van der Waals surface area contributed by atoms with Crippen LogP contribution >= 0.6 is 0 Å². The van der Waals surface area contributed by atoms with Crippen LogP contribution in [0.1, 0.15) is 57.9 Å². The quantitative estimate of drug-likeness (QED) is 0.810. The fourth-order valence-corrected chi connectivity index (χ4v) is 2.81. The van der Waals surface area contributed by atoms with Crippen molar-refractivity contribution in [3.05, 3.63) is 29.8 Å². The molecule has 1 amide bonds. The average molecular weight is 319 g/mol. The number of aliphatic carboxylic acids is 1. The second-order valence-corrected chi connectivity index (χ2v) is 6.68. The van der Waals surface area contributed by atoms with E-state index in [0.29, 0.717) is 24.5 Å². The van der Waals surface area contributed by atoms with Gasteiger partial charge in [0.2, 0.25) is 0 Å². The van der Waals surface area contributed by atoms with Crippen molar-refractivity contribution in [1.29, 1.82) is 0 Å². The fraction of sp³-hybridized carbons (Fsp3) is 0.556. The molecule has 1 aliphatic rings. The minimum atomic E-state index is -0.886. The number of carboxylic acid groups (broad SMARTS) is 1. The molecule has 1 fully saturated rings. The molecule has 5 nitrogen and oxygen atoms in total. The van der Waals surface area contributed by atoms with E-state index in [1.165, 1.54) is 0 Å². The molecule has 0 saturated heterocycles. The van der Waals surface area contributed by atoms with Crippen LogP contribution in [0.25, 0.3) is 0 Å². The van der Waals surface area contributed by atoms with E-state index in [1.807, 2.05) is 24.3 Å². The Hall–Kier alpha value is -2.04. The van der Waals surface area contributed by atoms with Gasteiger partial charge in [0.15, 0.2) is 6.10 Å². The van der Waals surface area contributed by atoms with Crippen LogP contribution in [0.4, 0.5) is 0 Å². The summed E-state index contributed by atoms with van der Waals surface area (Å²) in [5.41, 5.74) is 0.553.